The Hall–Kier alpha value is -1.23. The molecular formula is C14H28O8S2. The molecule has 0 aromatic rings. The molecule has 0 heterocycles. The molecule has 24 heavy (non-hydrogen) atoms. The second-order valence-electron chi connectivity index (χ2n) is 5.25. The van der Waals surface area contributed by atoms with E-state index in [1.807, 2.05) is 20.8 Å². The lowest BCUT2D eigenvalue weighted by Crippen LogP contribution is -2.20. The van der Waals surface area contributed by atoms with Gasteiger partial charge in [0.2, 0.25) is 0 Å². The second kappa shape index (κ2) is 19.8. The second-order valence-corrected chi connectivity index (χ2v) is 5.88. The Morgan fingerprint density at radius 2 is 1.29 bits per heavy atom. The molecule has 5 N–H and O–H groups in total. The predicted octanol–water partition coefficient (Wildman–Crippen LogP) is 1.03. The van der Waals surface area contributed by atoms with E-state index in [4.69, 9.17) is 25.5 Å². The zero-order chi connectivity index (χ0) is 20.3. The van der Waals surface area contributed by atoms with Crippen LogP contribution in [0.15, 0.2) is 12.7 Å². The summed E-state index contributed by atoms with van der Waals surface area (Å²) in [7, 11) is 0. The summed E-state index contributed by atoms with van der Waals surface area (Å²) in [6, 6.07) is 0. The Bertz CT molecular complexity index is 339. The number of hydrogen-bond donors (Lipinski definition) is 7. The van der Waals surface area contributed by atoms with E-state index >= 15 is 0 Å². The molecule has 0 aliphatic rings. The van der Waals surface area contributed by atoms with Gasteiger partial charge in [0.25, 0.3) is 0 Å². The summed E-state index contributed by atoms with van der Waals surface area (Å²) in [4.78, 5) is 27.8. The lowest BCUT2D eigenvalue weighted by molar-refractivity contribution is -0.134. The lowest BCUT2D eigenvalue weighted by Gasteiger charge is -2.20. The van der Waals surface area contributed by atoms with Crippen LogP contribution < -0.4 is 0 Å². The number of hydrogen-bond acceptors (Lipinski definition) is 7. The first-order chi connectivity index (χ1) is 10.8. The van der Waals surface area contributed by atoms with Crippen LogP contribution in [0, 0.1) is 5.41 Å². The minimum atomic E-state index is -0.981. The number of aliphatic hydroxyl groups is 2. The molecule has 0 aliphatic carbocycles. The molecule has 0 aromatic carbocycles. The van der Waals surface area contributed by atoms with Gasteiger partial charge in [-0.2, -0.15) is 25.3 Å². The van der Waals surface area contributed by atoms with Crippen LogP contribution in [0.5, 0.6) is 0 Å². The molecule has 0 bridgehead atoms. The Kier molecular flexibility index (Phi) is 25.3. The molecule has 0 aromatic heterocycles. The first-order valence-corrected chi connectivity index (χ1v) is 7.83. The molecule has 1 unspecified atom stereocenters. The number of rotatable bonds is 5. The van der Waals surface area contributed by atoms with E-state index in [1.165, 1.54) is 0 Å². The van der Waals surface area contributed by atoms with Crippen molar-refractivity contribution in [2.75, 3.05) is 18.1 Å². The van der Waals surface area contributed by atoms with Gasteiger partial charge in [0, 0.05) is 6.08 Å². The van der Waals surface area contributed by atoms with Crippen molar-refractivity contribution >= 4 is 43.2 Å². The normalized spacial score (nSPS) is 10.3. The maximum atomic E-state index is 9.29. The lowest BCUT2D eigenvalue weighted by atomic mass is 9.89. The number of thiol groups is 2. The topological polar surface area (TPSA) is 152 Å². The summed E-state index contributed by atoms with van der Waals surface area (Å²) in [5, 5.41) is 40.3. The highest BCUT2D eigenvalue weighted by Gasteiger charge is 2.15. The third-order valence-electron chi connectivity index (χ3n) is 1.50. The highest BCUT2D eigenvalue weighted by Crippen LogP contribution is 2.20. The van der Waals surface area contributed by atoms with Crippen LogP contribution in [0.25, 0.3) is 0 Å². The Morgan fingerprint density at radius 1 is 1.04 bits per heavy atom. The summed E-state index contributed by atoms with van der Waals surface area (Å²) in [6.45, 7) is 8.93. The Labute approximate surface area is 153 Å². The van der Waals surface area contributed by atoms with E-state index in [2.05, 4.69) is 31.8 Å². The van der Waals surface area contributed by atoms with E-state index in [0.717, 1.165) is 6.08 Å². The molecule has 0 aliphatic heterocycles. The molecule has 1 atom stereocenters. The van der Waals surface area contributed by atoms with Crippen molar-refractivity contribution < 1.29 is 39.9 Å². The van der Waals surface area contributed by atoms with Crippen LogP contribution in [0.1, 0.15) is 27.2 Å². The molecule has 0 saturated heterocycles. The number of carboxylic acid groups (broad SMARTS) is 3. The molecule has 10 heteroatoms. The SMILES string of the molecule is C=CC(=O)O.CC(C)(C)CC(O)CO.O=C(O)CS.O=C(O)CS. The van der Waals surface area contributed by atoms with Crippen LogP contribution in [-0.4, -0.2) is 67.7 Å². The zero-order valence-electron chi connectivity index (χ0n) is 14.0. The predicted molar refractivity (Wildman–Crippen MR) is 98.0 cm³/mol. The maximum absolute atomic E-state index is 9.29. The number of aliphatic carboxylic acids is 3. The summed E-state index contributed by atoms with van der Waals surface area (Å²) in [6.07, 6.45) is 0.939. The summed E-state index contributed by atoms with van der Waals surface area (Å²) < 4.78 is 0. The van der Waals surface area contributed by atoms with Gasteiger partial charge in [0.15, 0.2) is 0 Å². The van der Waals surface area contributed by atoms with E-state index in [9.17, 15) is 14.4 Å². The summed E-state index contributed by atoms with van der Waals surface area (Å²) in [5.41, 5.74) is 0.113. The Balaban J connectivity index is -0.000000116. The molecule has 8 nitrogen and oxygen atoms in total. The monoisotopic (exact) mass is 388 g/mol. The summed E-state index contributed by atoms with van der Waals surface area (Å²) >= 11 is 6.83. The minimum absolute atomic E-state index is 0.0833. The molecule has 0 fully saturated rings. The standard InChI is InChI=1S/C7H16O2.C3H4O2.2C2H4O2S/c1-7(2,3)4-6(9)5-8;1-2-3(4)5;2*3-2(4)1-5/h6,8-9H,4-5H2,1-3H3;2H,1H2,(H,4,5);2*5H,1H2,(H,3,4). The van der Waals surface area contributed by atoms with Gasteiger partial charge in [-0.15, -0.1) is 0 Å². The van der Waals surface area contributed by atoms with Crippen LogP contribution in [-0.2, 0) is 14.4 Å². The van der Waals surface area contributed by atoms with Crippen molar-refractivity contribution in [3.05, 3.63) is 12.7 Å². The first kappa shape index (κ1) is 30.6. The molecule has 0 amide bonds. The first-order valence-electron chi connectivity index (χ1n) is 6.56. The number of carboxylic acids is 3. The highest BCUT2D eigenvalue weighted by atomic mass is 32.1. The average Bonchev–Trinajstić information content (AvgIpc) is 2.47. The van der Waals surface area contributed by atoms with Gasteiger partial charge >= 0.3 is 17.9 Å². The smallest absolute Gasteiger partial charge is 0.327 e. The van der Waals surface area contributed by atoms with Crippen LogP contribution in [0.4, 0.5) is 0 Å². The van der Waals surface area contributed by atoms with E-state index in [0.29, 0.717) is 6.42 Å². The highest BCUT2D eigenvalue weighted by molar-refractivity contribution is 7.81. The van der Waals surface area contributed by atoms with E-state index < -0.39 is 24.0 Å². The van der Waals surface area contributed by atoms with Crippen molar-refractivity contribution in [1.29, 1.82) is 0 Å². The molecule has 0 saturated carbocycles. The fourth-order valence-electron chi connectivity index (χ4n) is 0.771. The van der Waals surface area contributed by atoms with E-state index in [1.54, 1.807) is 0 Å². The molecule has 0 rings (SSSR count). The molecular weight excluding hydrogens is 360 g/mol. The van der Waals surface area contributed by atoms with Crippen molar-refractivity contribution in [3.8, 4) is 0 Å². The largest absolute Gasteiger partial charge is 0.481 e. The number of carbonyl (C=O) groups is 3. The molecule has 144 valence electrons. The number of aliphatic hydroxyl groups excluding tert-OH is 2. The minimum Gasteiger partial charge on any atom is -0.481 e. The third-order valence-corrected chi connectivity index (χ3v) is 2.04. The Morgan fingerprint density at radius 3 is 1.33 bits per heavy atom. The maximum Gasteiger partial charge on any atom is 0.327 e. The van der Waals surface area contributed by atoms with Gasteiger partial charge in [-0.25, -0.2) is 4.79 Å². The van der Waals surface area contributed by atoms with Gasteiger partial charge in [0.05, 0.1) is 24.2 Å². The fraction of sp³-hybridized carbons (Fsp3) is 0.643. The molecule has 0 radical (unpaired) electrons. The average molecular weight is 389 g/mol. The van der Waals surface area contributed by atoms with Crippen LogP contribution in [0.2, 0.25) is 0 Å². The van der Waals surface area contributed by atoms with Crippen molar-refractivity contribution in [2.24, 2.45) is 5.41 Å². The van der Waals surface area contributed by atoms with Crippen LogP contribution >= 0.6 is 25.3 Å². The van der Waals surface area contributed by atoms with Gasteiger partial charge in [-0.3, -0.25) is 9.59 Å². The van der Waals surface area contributed by atoms with E-state index in [-0.39, 0.29) is 23.5 Å². The van der Waals surface area contributed by atoms with Gasteiger partial charge in [-0.1, -0.05) is 27.4 Å². The van der Waals surface area contributed by atoms with Gasteiger partial charge < -0.3 is 25.5 Å². The zero-order valence-corrected chi connectivity index (χ0v) is 15.8. The van der Waals surface area contributed by atoms with Crippen molar-refractivity contribution in [2.45, 2.75) is 33.3 Å². The van der Waals surface area contributed by atoms with Crippen LogP contribution in [0.3, 0.4) is 0 Å². The summed E-state index contributed by atoms with van der Waals surface area (Å²) in [5.74, 6) is -2.91. The third kappa shape index (κ3) is 58.6. The fourth-order valence-corrected chi connectivity index (χ4v) is 0.771. The van der Waals surface area contributed by atoms with Gasteiger partial charge in [-0.05, 0) is 11.8 Å². The quantitative estimate of drug-likeness (QED) is 0.272. The van der Waals surface area contributed by atoms with Crippen molar-refractivity contribution in [3.63, 3.8) is 0 Å². The molecule has 0 spiro atoms. The van der Waals surface area contributed by atoms with Gasteiger partial charge in [0.1, 0.15) is 0 Å². The van der Waals surface area contributed by atoms with Crippen molar-refractivity contribution in [1.82, 2.24) is 0 Å².